The zero-order valence-electron chi connectivity index (χ0n) is 15.8. The Hall–Kier alpha value is 0.314. The lowest BCUT2D eigenvalue weighted by Gasteiger charge is -2.46. The predicted molar refractivity (Wildman–Crippen MR) is 101 cm³/mol. The third-order valence-corrected chi connectivity index (χ3v) is 12.6. The first-order valence-corrected chi connectivity index (χ1v) is 13.0. The Morgan fingerprint density at radius 1 is 0.955 bits per heavy atom. The Bertz CT molecular complexity index is 282. The monoisotopic (exact) mass is 342 g/mol. The maximum Gasteiger partial charge on any atom is 0.230 e. The van der Waals surface area contributed by atoms with Gasteiger partial charge in [0.1, 0.15) is 8.24 Å². The summed E-state index contributed by atoms with van der Waals surface area (Å²) in [5, 5.41) is 0. The smallest absolute Gasteiger partial charge is 0.230 e. The van der Waals surface area contributed by atoms with Gasteiger partial charge in [-0.25, -0.2) is 0 Å². The van der Waals surface area contributed by atoms with Crippen molar-refractivity contribution in [1.29, 1.82) is 0 Å². The Kier molecular flexibility index (Phi) is 9.47. The number of hydrogen-bond donors (Lipinski definition) is 0. The van der Waals surface area contributed by atoms with Crippen molar-refractivity contribution in [1.82, 2.24) is 9.47 Å². The molecule has 130 valence electrons. The topological polar surface area (TPSA) is 15.7 Å². The number of piperazine rings is 1. The molecule has 0 spiro atoms. The van der Waals surface area contributed by atoms with Crippen LogP contribution in [0.15, 0.2) is 0 Å². The van der Waals surface area contributed by atoms with Gasteiger partial charge in [0.05, 0.1) is 0 Å². The van der Waals surface area contributed by atoms with Gasteiger partial charge >= 0.3 is 0 Å². The molecule has 0 amide bonds. The van der Waals surface area contributed by atoms with Gasteiger partial charge in [-0.05, 0) is 43.9 Å². The van der Waals surface area contributed by atoms with Crippen molar-refractivity contribution < 1.29 is 4.43 Å². The van der Waals surface area contributed by atoms with Gasteiger partial charge in [-0.2, -0.15) is 0 Å². The highest BCUT2D eigenvalue weighted by Crippen LogP contribution is 2.26. The molecule has 1 aliphatic rings. The molecule has 0 bridgehead atoms. The zero-order valence-corrected chi connectivity index (χ0v) is 17.8. The normalized spacial score (nSPS) is 19.8. The van der Waals surface area contributed by atoms with Crippen LogP contribution in [0.2, 0.25) is 24.2 Å². The first-order chi connectivity index (χ1) is 10.5. The van der Waals surface area contributed by atoms with Crippen LogP contribution in [-0.2, 0) is 4.43 Å². The first kappa shape index (κ1) is 20.4. The standard InChI is InChI=1S/C17H38N2OSi2/c1-7-22(8-2,9-3)19-12-10-18(11-13-19)14-17(6)15-21-20-16(4)5/h16-17H,7-15H2,1-6H3. The average molecular weight is 343 g/mol. The summed E-state index contributed by atoms with van der Waals surface area (Å²) in [5.74, 6) is 0.758. The minimum atomic E-state index is -1.13. The Morgan fingerprint density at radius 3 is 1.95 bits per heavy atom. The molecule has 22 heavy (non-hydrogen) atoms. The number of rotatable bonds is 10. The summed E-state index contributed by atoms with van der Waals surface area (Å²) in [7, 11) is -0.462. The van der Waals surface area contributed by atoms with Gasteiger partial charge < -0.3 is 13.9 Å². The lowest BCUT2D eigenvalue weighted by molar-refractivity contribution is 0.164. The van der Waals surface area contributed by atoms with E-state index in [9.17, 15) is 0 Å². The summed E-state index contributed by atoms with van der Waals surface area (Å²) in [6.45, 7) is 20.3. The summed E-state index contributed by atoms with van der Waals surface area (Å²) in [4.78, 5) is 2.68. The molecule has 0 aromatic rings. The van der Waals surface area contributed by atoms with E-state index in [-0.39, 0.29) is 0 Å². The van der Waals surface area contributed by atoms with Crippen molar-refractivity contribution >= 4 is 18.0 Å². The molecule has 0 aliphatic carbocycles. The molecule has 1 fully saturated rings. The molecule has 0 aromatic heterocycles. The lowest BCUT2D eigenvalue weighted by atomic mass is 10.2. The van der Waals surface area contributed by atoms with Crippen molar-refractivity contribution in [2.75, 3.05) is 32.7 Å². The second-order valence-corrected chi connectivity index (χ2v) is 13.3. The Labute approximate surface area is 142 Å². The summed E-state index contributed by atoms with van der Waals surface area (Å²) < 4.78 is 8.61. The molecule has 1 saturated heterocycles. The van der Waals surface area contributed by atoms with Crippen LogP contribution in [0.3, 0.4) is 0 Å². The van der Waals surface area contributed by atoms with Crippen LogP contribution < -0.4 is 0 Å². The molecule has 2 radical (unpaired) electrons. The summed E-state index contributed by atoms with van der Waals surface area (Å²) in [5.41, 5.74) is 0. The second-order valence-electron chi connectivity index (χ2n) is 7.19. The van der Waals surface area contributed by atoms with E-state index in [1.54, 1.807) is 0 Å². The SMILES string of the molecule is CC[Si](CC)(CC)N1CCN(CC(C)C[Si]OC(C)C)CC1. The third-order valence-electron chi connectivity index (χ3n) is 5.34. The van der Waals surface area contributed by atoms with Crippen LogP contribution in [0.25, 0.3) is 0 Å². The predicted octanol–water partition coefficient (Wildman–Crippen LogP) is 3.71. The van der Waals surface area contributed by atoms with Gasteiger partial charge in [0.2, 0.25) is 9.76 Å². The lowest BCUT2D eigenvalue weighted by Crippen LogP contribution is -2.59. The van der Waals surface area contributed by atoms with Gasteiger partial charge in [-0.3, -0.25) is 0 Å². The summed E-state index contributed by atoms with van der Waals surface area (Å²) in [6.07, 6.45) is 0.379. The molecule has 0 aromatic carbocycles. The molecular formula is C17H38N2OSi2. The molecule has 3 nitrogen and oxygen atoms in total. The number of hydrogen-bond acceptors (Lipinski definition) is 3. The Morgan fingerprint density at radius 2 is 1.50 bits per heavy atom. The van der Waals surface area contributed by atoms with E-state index in [4.69, 9.17) is 4.43 Å². The molecule has 1 aliphatic heterocycles. The van der Waals surface area contributed by atoms with Gasteiger partial charge in [0.15, 0.2) is 0 Å². The summed E-state index contributed by atoms with van der Waals surface area (Å²) >= 11 is 0. The van der Waals surface area contributed by atoms with E-state index in [0.29, 0.717) is 15.9 Å². The van der Waals surface area contributed by atoms with Crippen molar-refractivity contribution in [3.05, 3.63) is 0 Å². The van der Waals surface area contributed by atoms with Crippen molar-refractivity contribution in [3.8, 4) is 0 Å². The van der Waals surface area contributed by atoms with Crippen molar-refractivity contribution in [2.24, 2.45) is 5.92 Å². The third kappa shape index (κ3) is 6.08. The largest absolute Gasteiger partial charge is 0.415 e. The minimum Gasteiger partial charge on any atom is -0.415 e. The van der Waals surface area contributed by atoms with Crippen LogP contribution in [0.1, 0.15) is 41.5 Å². The molecule has 5 heteroatoms. The van der Waals surface area contributed by atoms with E-state index in [2.05, 4.69) is 51.0 Å². The molecule has 1 atom stereocenters. The van der Waals surface area contributed by atoms with Crippen LogP contribution in [0, 0.1) is 5.92 Å². The van der Waals surface area contributed by atoms with Crippen LogP contribution in [0.5, 0.6) is 0 Å². The van der Waals surface area contributed by atoms with Crippen LogP contribution in [0.4, 0.5) is 0 Å². The maximum absolute atomic E-state index is 5.71. The summed E-state index contributed by atoms with van der Waals surface area (Å²) in [6, 6.07) is 5.48. The van der Waals surface area contributed by atoms with E-state index < -0.39 is 8.24 Å². The fourth-order valence-corrected chi connectivity index (χ4v) is 8.52. The quantitative estimate of drug-likeness (QED) is 0.563. The highest BCUT2D eigenvalue weighted by atomic mass is 28.3. The van der Waals surface area contributed by atoms with Crippen molar-refractivity contribution in [3.63, 3.8) is 0 Å². The van der Waals surface area contributed by atoms with Gasteiger partial charge in [0.25, 0.3) is 0 Å². The first-order valence-electron chi connectivity index (χ1n) is 9.33. The van der Waals surface area contributed by atoms with Gasteiger partial charge in [0, 0.05) is 38.8 Å². The molecule has 1 rings (SSSR count). The second kappa shape index (κ2) is 10.2. The molecule has 0 saturated carbocycles. The minimum absolute atomic E-state index is 0.379. The Balaban J connectivity index is 2.33. The zero-order chi connectivity index (χ0) is 16.6. The molecule has 0 N–H and O–H groups in total. The highest BCUT2D eigenvalue weighted by molar-refractivity contribution is 6.77. The maximum atomic E-state index is 5.71. The van der Waals surface area contributed by atoms with Gasteiger partial charge in [-0.15, -0.1) is 0 Å². The molecular weight excluding hydrogens is 304 g/mol. The van der Waals surface area contributed by atoms with E-state index in [1.807, 2.05) is 0 Å². The molecule has 1 unspecified atom stereocenters. The fraction of sp³-hybridized carbons (Fsp3) is 1.00. The van der Waals surface area contributed by atoms with Crippen LogP contribution >= 0.6 is 0 Å². The van der Waals surface area contributed by atoms with E-state index >= 15 is 0 Å². The highest BCUT2D eigenvalue weighted by Gasteiger charge is 2.36. The molecule has 1 heterocycles. The van der Waals surface area contributed by atoms with Crippen molar-refractivity contribution in [2.45, 2.75) is 71.8 Å². The average Bonchev–Trinajstić information content (AvgIpc) is 2.50. The van der Waals surface area contributed by atoms with Gasteiger partial charge in [-0.1, -0.05) is 27.7 Å². The fourth-order valence-electron chi connectivity index (χ4n) is 3.69. The van der Waals surface area contributed by atoms with Crippen LogP contribution in [-0.4, -0.2) is 66.3 Å². The van der Waals surface area contributed by atoms with E-state index in [1.165, 1.54) is 56.9 Å². The van der Waals surface area contributed by atoms with E-state index in [0.717, 1.165) is 5.92 Å². The number of nitrogens with zero attached hydrogens (tertiary/aromatic N) is 2.